The van der Waals surface area contributed by atoms with E-state index < -0.39 is 0 Å². The Balaban J connectivity index is 0. The van der Waals surface area contributed by atoms with Crippen LogP contribution in [-0.2, 0) is 0 Å². The molecule has 3 fully saturated rings. The maximum absolute atomic E-state index is 10.3. The molecule has 0 aliphatic heterocycles. The Morgan fingerprint density at radius 3 is 2.24 bits per heavy atom. The van der Waals surface area contributed by atoms with E-state index in [2.05, 4.69) is 54.5 Å². The first kappa shape index (κ1) is 29.9. The Hall–Kier alpha value is -0.340. The van der Waals surface area contributed by atoms with Gasteiger partial charge in [0, 0.05) is 4.28 Å². The Morgan fingerprint density at radius 1 is 0.971 bits per heavy atom. The van der Waals surface area contributed by atoms with Crippen LogP contribution in [0.4, 0.5) is 0 Å². The highest BCUT2D eigenvalue weighted by atomic mass is 16.3. The zero-order valence-electron chi connectivity index (χ0n) is 24.4. The second-order valence-electron chi connectivity index (χ2n) is 13.0. The number of hydrogen-bond acceptors (Lipinski definition) is 2. The van der Waals surface area contributed by atoms with Crippen molar-refractivity contribution < 1.29 is 14.5 Å². The summed E-state index contributed by atoms with van der Waals surface area (Å²) in [5.41, 5.74) is 2.44. The summed E-state index contributed by atoms with van der Waals surface area (Å²) in [5, 5.41) is 20.5. The first-order chi connectivity index (χ1) is 16.1. The van der Waals surface area contributed by atoms with Gasteiger partial charge in [0.25, 0.3) is 0 Å². The highest BCUT2D eigenvalue weighted by molar-refractivity contribution is 5.25. The van der Waals surface area contributed by atoms with Crippen molar-refractivity contribution in [2.45, 2.75) is 145 Å². The predicted molar refractivity (Wildman–Crippen MR) is 154 cm³/mol. The quantitative estimate of drug-likeness (QED) is 0.383. The summed E-state index contributed by atoms with van der Waals surface area (Å²) in [6.07, 6.45) is 15.7. The molecule has 0 aromatic rings. The fraction of sp³-hybridized carbons (Fsp3) is 0.938. The minimum atomic E-state index is -0.137. The largest absolute Gasteiger partial charge is 0.393 e. The van der Waals surface area contributed by atoms with Crippen LogP contribution in [0.1, 0.15) is 137 Å². The second kappa shape index (κ2) is 12.8. The summed E-state index contributed by atoms with van der Waals surface area (Å²) in [5.74, 6) is 4.51. The van der Waals surface area contributed by atoms with Crippen molar-refractivity contribution in [1.82, 2.24) is 0 Å². The van der Waals surface area contributed by atoms with E-state index in [4.69, 9.17) is 0 Å². The minimum absolute atomic E-state index is 0. The van der Waals surface area contributed by atoms with Gasteiger partial charge >= 0.3 is 0 Å². The summed E-state index contributed by atoms with van der Waals surface area (Å²) < 4.78 is 0. The number of aliphatic hydroxyl groups excluding tert-OH is 2. The number of aliphatic hydroxyl groups is 2. The van der Waals surface area contributed by atoms with Crippen molar-refractivity contribution in [1.29, 1.82) is 0 Å². The topological polar surface area (TPSA) is 40.5 Å². The van der Waals surface area contributed by atoms with Crippen LogP contribution in [0.3, 0.4) is 0 Å². The van der Waals surface area contributed by atoms with Crippen molar-refractivity contribution >= 4 is 0 Å². The van der Waals surface area contributed by atoms with Crippen LogP contribution in [0.15, 0.2) is 11.6 Å². The molecule has 0 aromatic heterocycles. The minimum Gasteiger partial charge on any atom is -0.393 e. The molecular weight excluding hydrogens is 416 g/mol. The van der Waals surface area contributed by atoms with Gasteiger partial charge < -0.3 is 10.2 Å². The average Bonchev–Trinajstić information content (AvgIpc) is 3.17. The molecule has 0 spiro atoms. The third-order valence-electron chi connectivity index (χ3n) is 10.5. The van der Waals surface area contributed by atoms with Gasteiger partial charge in [-0.3, -0.25) is 0 Å². The number of fused-ring (bicyclic) bond motifs is 5. The molecule has 2 nitrogen and oxygen atoms in total. The van der Waals surface area contributed by atoms with E-state index in [1.54, 1.807) is 5.57 Å². The second-order valence-corrected chi connectivity index (χ2v) is 13.0. The van der Waals surface area contributed by atoms with Gasteiger partial charge in [-0.2, -0.15) is 0 Å². The molecule has 2 N–H and O–H groups in total. The smallest absolute Gasteiger partial charge is 0.0577 e. The average molecular weight is 483 g/mol. The van der Waals surface area contributed by atoms with Gasteiger partial charge in [0.15, 0.2) is 0 Å². The molecule has 0 bridgehead atoms. The fourth-order valence-corrected chi connectivity index (χ4v) is 8.59. The predicted octanol–water partition coefficient (Wildman–Crippen LogP) is 9.54. The summed E-state index contributed by atoms with van der Waals surface area (Å²) in [6, 6.07) is 0. The third kappa shape index (κ3) is 5.96. The lowest BCUT2D eigenvalue weighted by molar-refractivity contribution is -0.0579. The lowest BCUT2D eigenvalue weighted by atomic mass is 9.47. The first-order valence-corrected chi connectivity index (χ1v) is 15.1. The monoisotopic (exact) mass is 483 g/mol. The molecule has 4 unspecified atom stereocenters. The maximum Gasteiger partial charge on any atom is 0.0577 e. The van der Waals surface area contributed by atoms with Crippen LogP contribution in [0.2, 0.25) is 0 Å². The SMILES string of the molecule is CC.CC(C)C(O)CC[C@@H](C)C1CCC2[C@@H]3CC=C4C[C@@H](O)CC[C@]4(C)C3CC[C@@]21C.CCC.[HH].[HH].[HH]. The van der Waals surface area contributed by atoms with E-state index in [0.29, 0.717) is 16.7 Å². The van der Waals surface area contributed by atoms with Crippen molar-refractivity contribution in [3.8, 4) is 0 Å². The number of hydrogen-bond donors (Lipinski definition) is 2. The molecule has 4 rings (SSSR count). The Labute approximate surface area is 217 Å². The molecule has 0 radical (unpaired) electrons. The van der Waals surface area contributed by atoms with Gasteiger partial charge in [0.1, 0.15) is 0 Å². The van der Waals surface area contributed by atoms with Crippen LogP contribution in [0.5, 0.6) is 0 Å². The summed E-state index contributed by atoms with van der Waals surface area (Å²) >= 11 is 0. The molecule has 4 aliphatic rings. The zero-order chi connectivity index (χ0) is 25.7. The van der Waals surface area contributed by atoms with Crippen molar-refractivity contribution in [2.75, 3.05) is 0 Å². The van der Waals surface area contributed by atoms with Crippen LogP contribution in [0.25, 0.3) is 0 Å². The molecule has 0 aromatic carbocycles. The number of allylic oxidation sites excluding steroid dienone is 1. The molecule has 3 saturated carbocycles. The molecule has 206 valence electrons. The van der Waals surface area contributed by atoms with E-state index in [1.165, 1.54) is 51.4 Å². The Bertz CT molecular complexity index is 654. The van der Waals surface area contributed by atoms with Crippen LogP contribution < -0.4 is 0 Å². The van der Waals surface area contributed by atoms with E-state index in [1.807, 2.05) is 13.8 Å². The van der Waals surface area contributed by atoms with Gasteiger partial charge in [-0.05, 0) is 111 Å². The van der Waals surface area contributed by atoms with E-state index in [-0.39, 0.29) is 16.5 Å². The van der Waals surface area contributed by atoms with Crippen LogP contribution in [-0.4, -0.2) is 22.4 Å². The lowest BCUT2D eigenvalue weighted by Gasteiger charge is -2.58. The van der Waals surface area contributed by atoms with Gasteiger partial charge in [-0.15, -0.1) is 0 Å². The maximum atomic E-state index is 10.3. The fourth-order valence-electron chi connectivity index (χ4n) is 8.59. The van der Waals surface area contributed by atoms with Crippen molar-refractivity contribution in [2.24, 2.45) is 46.3 Å². The standard InChI is InChI=1S/C27H46O2.C3H8.C2H6.3H2/c1-17(2)25(29)11-6-18(3)22-9-10-23-21-8-7-19-16-20(28)12-14-26(19,4)24(21)13-15-27(22,23)5;1-3-2;1-2;;;/h7,17-18,20-25,28-29H,6,8-16H2,1-5H3;3H2,1-2H3;1-2H3;3*1H/t18-,20+,21+,22?,23?,24?,25?,26+,27-;;;;;/m1...../s1. The number of rotatable bonds is 5. The highest BCUT2D eigenvalue weighted by Crippen LogP contribution is 2.67. The van der Waals surface area contributed by atoms with Crippen molar-refractivity contribution in [3.05, 3.63) is 11.6 Å². The molecule has 4 aliphatic carbocycles. The van der Waals surface area contributed by atoms with E-state index in [9.17, 15) is 10.2 Å². The van der Waals surface area contributed by atoms with Crippen LogP contribution in [0, 0.1) is 46.3 Å². The lowest BCUT2D eigenvalue weighted by Crippen LogP contribution is -2.50. The van der Waals surface area contributed by atoms with Gasteiger partial charge in [-0.25, -0.2) is 0 Å². The molecule has 0 saturated heterocycles. The molecule has 0 amide bonds. The summed E-state index contributed by atoms with van der Waals surface area (Å²) in [7, 11) is 0. The highest BCUT2D eigenvalue weighted by Gasteiger charge is 2.59. The summed E-state index contributed by atoms with van der Waals surface area (Å²) in [4.78, 5) is 0. The molecule has 9 atom stereocenters. The normalized spacial score (nSPS) is 40.4. The van der Waals surface area contributed by atoms with Gasteiger partial charge in [0.05, 0.1) is 12.2 Å². The molecular formula is C32H66O2. The molecule has 0 heterocycles. The van der Waals surface area contributed by atoms with Gasteiger partial charge in [0.2, 0.25) is 0 Å². The van der Waals surface area contributed by atoms with Crippen LogP contribution >= 0.6 is 0 Å². The van der Waals surface area contributed by atoms with E-state index in [0.717, 1.165) is 48.9 Å². The Kier molecular flexibility index (Phi) is 11.2. The third-order valence-corrected chi connectivity index (χ3v) is 10.5. The Morgan fingerprint density at radius 2 is 1.62 bits per heavy atom. The first-order valence-electron chi connectivity index (χ1n) is 15.1. The van der Waals surface area contributed by atoms with E-state index >= 15 is 0 Å². The molecule has 34 heavy (non-hydrogen) atoms. The molecule has 2 heteroatoms. The zero-order valence-corrected chi connectivity index (χ0v) is 24.4. The summed E-state index contributed by atoms with van der Waals surface area (Å²) in [6.45, 7) is 20.2. The van der Waals surface area contributed by atoms with Crippen molar-refractivity contribution in [3.63, 3.8) is 0 Å². The van der Waals surface area contributed by atoms with Gasteiger partial charge in [-0.1, -0.05) is 80.4 Å².